The molecule has 0 spiro atoms. The number of aliphatic hydroxyl groups is 1. The Balaban J connectivity index is 3.89. The number of hydrogen-bond acceptors (Lipinski definition) is 3. The number of nitrogens with one attached hydrogen (secondary N) is 1. The van der Waals surface area contributed by atoms with Crippen LogP contribution in [0.5, 0.6) is 0 Å². The van der Waals surface area contributed by atoms with Gasteiger partial charge in [-0.05, 0) is 13.3 Å². The number of sulfonamides is 1. The van der Waals surface area contributed by atoms with Gasteiger partial charge in [-0.2, -0.15) is 0 Å². The number of aliphatic hydroxyl groups excluding tert-OH is 1. The average Bonchev–Trinajstić information content (AvgIpc) is 1.85. The molecule has 0 radical (unpaired) electrons. The molecule has 0 rings (SSSR count). The van der Waals surface area contributed by atoms with Gasteiger partial charge in [0.15, 0.2) is 0 Å². The van der Waals surface area contributed by atoms with Crippen LogP contribution in [0.25, 0.3) is 0 Å². The van der Waals surface area contributed by atoms with E-state index in [-0.39, 0.29) is 18.4 Å². The van der Waals surface area contributed by atoms with Crippen LogP contribution in [0.2, 0.25) is 0 Å². The molecule has 2 N–H and O–H groups in total. The van der Waals surface area contributed by atoms with Gasteiger partial charge in [-0.25, -0.2) is 13.1 Å². The molecule has 0 aliphatic rings. The van der Waals surface area contributed by atoms with Crippen LogP contribution < -0.4 is 4.72 Å². The normalized spacial score (nSPS) is 14.6. The fraction of sp³-hybridized carbons (Fsp3) is 1.00. The second-order valence-electron chi connectivity index (χ2n) is 2.85. The smallest absolute Gasteiger partial charge is 0.214 e. The van der Waals surface area contributed by atoms with Crippen LogP contribution in [0.1, 0.15) is 26.7 Å². The molecule has 0 aromatic rings. The zero-order valence-electron chi connectivity index (χ0n) is 7.58. The van der Waals surface area contributed by atoms with E-state index in [2.05, 4.69) is 4.72 Å². The van der Waals surface area contributed by atoms with Crippen LogP contribution in [-0.2, 0) is 10.0 Å². The summed E-state index contributed by atoms with van der Waals surface area (Å²) in [4.78, 5) is 0. The third-order valence-corrected chi connectivity index (χ3v) is 2.94. The van der Waals surface area contributed by atoms with Crippen molar-refractivity contribution in [1.82, 2.24) is 4.72 Å². The molecule has 0 aliphatic carbocycles. The Morgan fingerprint density at radius 2 is 2.08 bits per heavy atom. The summed E-state index contributed by atoms with van der Waals surface area (Å²) >= 11 is 0. The molecule has 0 saturated heterocycles. The molecule has 0 aromatic heterocycles. The minimum absolute atomic E-state index is 0.0356. The van der Waals surface area contributed by atoms with Gasteiger partial charge in [0.05, 0.1) is 12.4 Å². The van der Waals surface area contributed by atoms with E-state index in [1.54, 1.807) is 0 Å². The minimum atomic E-state index is -3.25. The van der Waals surface area contributed by atoms with Gasteiger partial charge in [0.2, 0.25) is 10.0 Å². The highest BCUT2D eigenvalue weighted by molar-refractivity contribution is 7.89. The largest absolute Gasteiger partial charge is 0.395 e. The zero-order valence-corrected chi connectivity index (χ0v) is 8.39. The summed E-state index contributed by atoms with van der Waals surface area (Å²) in [6, 6.07) is -0.0356. The van der Waals surface area contributed by atoms with Gasteiger partial charge in [0, 0.05) is 6.04 Å². The van der Waals surface area contributed by atoms with Crippen LogP contribution in [-0.4, -0.2) is 31.9 Å². The standard InChI is InChI=1S/C7H17NO3S/c1-3-4-7(2)8-12(10,11)6-5-9/h7-9H,3-6H2,1-2H3. The molecule has 0 fully saturated rings. The van der Waals surface area contributed by atoms with E-state index in [1.165, 1.54) is 0 Å². The Morgan fingerprint density at radius 1 is 1.50 bits per heavy atom. The minimum Gasteiger partial charge on any atom is -0.395 e. The van der Waals surface area contributed by atoms with Crippen molar-refractivity contribution in [3.63, 3.8) is 0 Å². The lowest BCUT2D eigenvalue weighted by Crippen LogP contribution is -2.35. The van der Waals surface area contributed by atoms with Crippen LogP contribution in [0.15, 0.2) is 0 Å². The molecule has 0 aliphatic heterocycles. The maximum atomic E-state index is 11.0. The molecule has 1 unspecified atom stereocenters. The van der Waals surface area contributed by atoms with Gasteiger partial charge in [-0.3, -0.25) is 0 Å². The molecule has 0 aromatic carbocycles. The van der Waals surface area contributed by atoms with Crippen LogP contribution in [0.3, 0.4) is 0 Å². The van der Waals surface area contributed by atoms with Gasteiger partial charge in [-0.15, -0.1) is 0 Å². The van der Waals surface area contributed by atoms with E-state index in [0.717, 1.165) is 12.8 Å². The van der Waals surface area contributed by atoms with Crippen molar-refractivity contribution >= 4 is 10.0 Å². The first-order chi connectivity index (χ1) is 5.52. The lowest BCUT2D eigenvalue weighted by Gasteiger charge is -2.11. The highest BCUT2D eigenvalue weighted by Crippen LogP contribution is 1.97. The Hall–Kier alpha value is -0.130. The second-order valence-corrected chi connectivity index (χ2v) is 4.72. The Labute approximate surface area is 74.0 Å². The predicted octanol–water partition coefficient (Wildman–Crippen LogP) is 0.0867. The Kier molecular flexibility index (Phi) is 5.44. The van der Waals surface area contributed by atoms with Gasteiger partial charge >= 0.3 is 0 Å². The highest BCUT2D eigenvalue weighted by atomic mass is 32.2. The van der Waals surface area contributed by atoms with Crippen molar-refractivity contribution in [1.29, 1.82) is 0 Å². The van der Waals surface area contributed by atoms with Crippen molar-refractivity contribution < 1.29 is 13.5 Å². The molecule has 0 heterocycles. The van der Waals surface area contributed by atoms with E-state index >= 15 is 0 Å². The van der Waals surface area contributed by atoms with E-state index < -0.39 is 10.0 Å². The zero-order chi connectivity index (χ0) is 9.61. The summed E-state index contributed by atoms with van der Waals surface area (Å²) in [5.74, 6) is -0.207. The maximum absolute atomic E-state index is 11.0. The fourth-order valence-corrected chi connectivity index (χ4v) is 2.07. The molecule has 4 nitrogen and oxygen atoms in total. The monoisotopic (exact) mass is 195 g/mol. The molecule has 0 saturated carbocycles. The SMILES string of the molecule is CCCC(C)NS(=O)(=O)CCO. The Bertz CT molecular complexity index is 201. The van der Waals surface area contributed by atoms with E-state index in [9.17, 15) is 8.42 Å². The first-order valence-electron chi connectivity index (χ1n) is 4.12. The third kappa shape index (κ3) is 5.51. The topological polar surface area (TPSA) is 66.4 Å². The number of rotatable bonds is 6. The molecular formula is C7H17NO3S. The van der Waals surface area contributed by atoms with E-state index in [4.69, 9.17) is 5.11 Å². The van der Waals surface area contributed by atoms with Crippen molar-refractivity contribution in [2.24, 2.45) is 0 Å². The van der Waals surface area contributed by atoms with Crippen molar-refractivity contribution in [2.75, 3.05) is 12.4 Å². The molecule has 0 bridgehead atoms. The van der Waals surface area contributed by atoms with Gasteiger partial charge in [-0.1, -0.05) is 13.3 Å². The summed E-state index contributed by atoms with van der Waals surface area (Å²) in [5, 5.41) is 8.43. The molecule has 5 heteroatoms. The van der Waals surface area contributed by atoms with E-state index in [1.807, 2.05) is 13.8 Å². The lowest BCUT2D eigenvalue weighted by molar-refractivity contribution is 0.319. The summed E-state index contributed by atoms with van der Waals surface area (Å²) < 4.78 is 24.6. The molecular weight excluding hydrogens is 178 g/mol. The number of hydrogen-bond donors (Lipinski definition) is 2. The molecule has 0 amide bonds. The third-order valence-electron chi connectivity index (χ3n) is 1.46. The Morgan fingerprint density at radius 3 is 2.50 bits per heavy atom. The van der Waals surface area contributed by atoms with Crippen LogP contribution in [0.4, 0.5) is 0 Å². The van der Waals surface area contributed by atoms with Crippen molar-refractivity contribution in [3.8, 4) is 0 Å². The first-order valence-corrected chi connectivity index (χ1v) is 5.78. The highest BCUT2D eigenvalue weighted by Gasteiger charge is 2.12. The first kappa shape index (κ1) is 11.9. The van der Waals surface area contributed by atoms with Crippen LogP contribution >= 0.6 is 0 Å². The fourth-order valence-electron chi connectivity index (χ4n) is 0.978. The quantitative estimate of drug-likeness (QED) is 0.631. The summed E-state index contributed by atoms with van der Waals surface area (Å²) in [5.41, 5.74) is 0. The van der Waals surface area contributed by atoms with Crippen molar-refractivity contribution in [3.05, 3.63) is 0 Å². The van der Waals surface area contributed by atoms with Gasteiger partial charge in [0.1, 0.15) is 0 Å². The van der Waals surface area contributed by atoms with Gasteiger partial charge < -0.3 is 5.11 Å². The van der Waals surface area contributed by atoms with Crippen molar-refractivity contribution in [2.45, 2.75) is 32.7 Å². The lowest BCUT2D eigenvalue weighted by atomic mass is 10.2. The average molecular weight is 195 g/mol. The second kappa shape index (κ2) is 5.50. The molecule has 74 valence electrons. The maximum Gasteiger partial charge on any atom is 0.214 e. The van der Waals surface area contributed by atoms with Crippen LogP contribution in [0, 0.1) is 0 Å². The molecule has 1 atom stereocenters. The summed E-state index contributed by atoms with van der Waals surface area (Å²) in [7, 11) is -3.25. The predicted molar refractivity (Wildman–Crippen MR) is 48.4 cm³/mol. The summed E-state index contributed by atoms with van der Waals surface area (Å²) in [6.45, 7) is 3.49. The van der Waals surface area contributed by atoms with Gasteiger partial charge in [0.25, 0.3) is 0 Å². The summed E-state index contributed by atoms with van der Waals surface area (Å²) in [6.07, 6.45) is 1.77. The molecule has 12 heavy (non-hydrogen) atoms. The van der Waals surface area contributed by atoms with E-state index in [0.29, 0.717) is 0 Å².